The molecule has 2 aromatic carbocycles. The summed E-state index contributed by atoms with van der Waals surface area (Å²) in [7, 11) is 1.58. The number of amides is 1. The van der Waals surface area contributed by atoms with Crippen LogP contribution < -0.4 is 10.1 Å². The standard InChI is InChI=1S/C15H14BrNO2S/c1-19-10-7-8-12(16)11(9-10)15(18)17-13-5-3-4-6-14(13)20-2/h3-9H,1-2H3,(H,17,18). The highest BCUT2D eigenvalue weighted by atomic mass is 79.9. The van der Waals surface area contributed by atoms with Gasteiger partial charge in [-0.25, -0.2) is 0 Å². The van der Waals surface area contributed by atoms with Gasteiger partial charge in [-0.15, -0.1) is 11.8 Å². The van der Waals surface area contributed by atoms with Gasteiger partial charge in [0.25, 0.3) is 5.91 Å². The highest BCUT2D eigenvalue weighted by Crippen LogP contribution is 2.27. The molecule has 0 atom stereocenters. The summed E-state index contributed by atoms with van der Waals surface area (Å²) in [6.07, 6.45) is 1.98. The lowest BCUT2D eigenvalue weighted by atomic mass is 10.2. The van der Waals surface area contributed by atoms with Crippen molar-refractivity contribution in [2.75, 3.05) is 18.7 Å². The predicted molar refractivity (Wildman–Crippen MR) is 86.9 cm³/mol. The summed E-state index contributed by atoms with van der Waals surface area (Å²) >= 11 is 4.98. The van der Waals surface area contributed by atoms with E-state index < -0.39 is 0 Å². The fourth-order valence-corrected chi connectivity index (χ4v) is 2.72. The number of anilines is 1. The Balaban J connectivity index is 2.28. The van der Waals surface area contributed by atoms with Gasteiger partial charge in [-0.05, 0) is 52.5 Å². The number of halogens is 1. The molecule has 0 heterocycles. The van der Waals surface area contributed by atoms with E-state index in [1.165, 1.54) is 0 Å². The second-order valence-electron chi connectivity index (χ2n) is 4.00. The topological polar surface area (TPSA) is 38.3 Å². The Kier molecular flexibility index (Phi) is 5.09. The van der Waals surface area contributed by atoms with Crippen molar-refractivity contribution in [3.05, 3.63) is 52.5 Å². The Morgan fingerprint density at radius 3 is 2.70 bits per heavy atom. The van der Waals surface area contributed by atoms with Gasteiger partial charge >= 0.3 is 0 Å². The van der Waals surface area contributed by atoms with Crippen LogP contribution in [0.25, 0.3) is 0 Å². The zero-order valence-corrected chi connectivity index (χ0v) is 13.5. The van der Waals surface area contributed by atoms with Crippen molar-refractivity contribution in [1.29, 1.82) is 0 Å². The van der Waals surface area contributed by atoms with Gasteiger partial charge in [0.15, 0.2) is 0 Å². The maximum Gasteiger partial charge on any atom is 0.256 e. The molecule has 0 radical (unpaired) electrons. The average molecular weight is 352 g/mol. The van der Waals surface area contributed by atoms with Crippen LogP contribution in [0.1, 0.15) is 10.4 Å². The van der Waals surface area contributed by atoms with Crippen molar-refractivity contribution in [1.82, 2.24) is 0 Å². The number of rotatable bonds is 4. The fraction of sp³-hybridized carbons (Fsp3) is 0.133. The molecule has 0 bridgehead atoms. The van der Waals surface area contributed by atoms with Crippen molar-refractivity contribution < 1.29 is 9.53 Å². The molecule has 0 fully saturated rings. The summed E-state index contributed by atoms with van der Waals surface area (Å²) in [4.78, 5) is 13.4. The first-order chi connectivity index (χ1) is 9.65. The van der Waals surface area contributed by atoms with Gasteiger partial charge in [0.2, 0.25) is 0 Å². The number of hydrogen-bond acceptors (Lipinski definition) is 3. The van der Waals surface area contributed by atoms with E-state index in [1.54, 1.807) is 37.1 Å². The van der Waals surface area contributed by atoms with Gasteiger partial charge in [0.05, 0.1) is 18.4 Å². The van der Waals surface area contributed by atoms with E-state index in [-0.39, 0.29) is 5.91 Å². The zero-order valence-electron chi connectivity index (χ0n) is 11.1. The Morgan fingerprint density at radius 1 is 1.25 bits per heavy atom. The van der Waals surface area contributed by atoms with Crippen LogP contribution >= 0.6 is 27.7 Å². The van der Waals surface area contributed by atoms with Crippen LogP contribution in [0.2, 0.25) is 0 Å². The zero-order chi connectivity index (χ0) is 14.5. The lowest BCUT2D eigenvalue weighted by Crippen LogP contribution is -2.13. The summed E-state index contributed by atoms with van der Waals surface area (Å²) in [5, 5.41) is 2.92. The first kappa shape index (κ1) is 14.9. The maximum absolute atomic E-state index is 12.4. The van der Waals surface area contributed by atoms with Crippen molar-refractivity contribution in [2.45, 2.75) is 4.90 Å². The minimum atomic E-state index is -0.169. The fourth-order valence-electron chi connectivity index (χ4n) is 1.74. The molecule has 0 saturated carbocycles. The second kappa shape index (κ2) is 6.81. The van der Waals surface area contributed by atoms with Crippen molar-refractivity contribution >= 4 is 39.3 Å². The molecule has 0 aliphatic heterocycles. The van der Waals surface area contributed by atoms with E-state index in [1.807, 2.05) is 30.5 Å². The number of carbonyl (C=O) groups excluding carboxylic acids is 1. The van der Waals surface area contributed by atoms with Crippen LogP contribution in [0.5, 0.6) is 5.75 Å². The minimum absolute atomic E-state index is 0.169. The van der Waals surface area contributed by atoms with E-state index in [0.29, 0.717) is 11.3 Å². The van der Waals surface area contributed by atoms with Crippen LogP contribution in [0.4, 0.5) is 5.69 Å². The van der Waals surface area contributed by atoms with Crippen LogP contribution in [-0.4, -0.2) is 19.3 Å². The van der Waals surface area contributed by atoms with Gasteiger partial charge in [0.1, 0.15) is 5.75 Å². The highest BCUT2D eigenvalue weighted by molar-refractivity contribution is 9.10. The van der Waals surface area contributed by atoms with Crippen molar-refractivity contribution in [3.8, 4) is 5.75 Å². The Morgan fingerprint density at radius 2 is 2.00 bits per heavy atom. The molecule has 0 aliphatic carbocycles. The first-order valence-corrected chi connectivity index (χ1v) is 7.95. The third-order valence-electron chi connectivity index (χ3n) is 2.77. The third-order valence-corrected chi connectivity index (χ3v) is 4.26. The Bertz CT molecular complexity index is 631. The van der Waals surface area contributed by atoms with E-state index in [0.717, 1.165) is 15.1 Å². The van der Waals surface area contributed by atoms with E-state index >= 15 is 0 Å². The molecule has 1 amide bonds. The maximum atomic E-state index is 12.4. The Labute approximate surface area is 130 Å². The minimum Gasteiger partial charge on any atom is -0.497 e. The lowest BCUT2D eigenvalue weighted by Gasteiger charge is -2.11. The highest BCUT2D eigenvalue weighted by Gasteiger charge is 2.13. The molecule has 0 unspecified atom stereocenters. The van der Waals surface area contributed by atoms with Crippen LogP contribution in [0.3, 0.4) is 0 Å². The van der Waals surface area contributed by atoms with Gasteiger partial charge in [-0.3, -0.25) is 4.79 Å². The third kappa shape index (κ3) is 3.35. The van der Waals surface area contributed by atoms with Gasteiger partial charge < -0.3 is 10.1 Å². The molecule has 2 aromatic rings. The summed E-state index contributed by atoms with van der Waals surface area (Å²) < 4.78 is 5.88. The summed E-state index contributed by atoms with van der Waals surface area (Å²) in [5.74, 6) is 0.480. The lowest BCUT2D eigenvalue weighted by molar-refractivity contribution is 0.102. The molecule has 3 nitrogen and oxygen atoms in total. The monoisotopic (exact) mass is 351 g/mol. The Hall–Kier alpha value is -1.46. The summed E-state index contributed by atoms with van der Waals surface area (Å²) in [6.45, 7) is 0. The first-order valence-electron chi connectivity index (χ1n) is 5.93. The van der Waals surface area contributed by atoms with Crippen LogP contribution in [0, 0.1) is 0 Å². The molecule has 0 saturated heterocycles. The van der Waals surface area contributed by atoms with Crippen molar-refractivity contribution in [3.63, 3.8) is 0 Å². The SMILES string of the molecule is COc1ccc(Br)c(C(=O)Nc2ccccc2SC)c1. The van der Waals surface area contributed by atoms with E-state index in [2.05, 4.69) is 21.2 Å². The number of hydrogen-bond donors (Lipinski definition) is 1. The number of para-hydroxylation sites is 1. The van der Waals surface area contributed by atoms with Gasteiger partial charge in [-0.1, -0.05) is 12.1 Å². The van der Waals surface area contributed by atoms with Gasteiger partial charge in [-0.2, -0.15) is 0 Å². The molecule has 104 valence electrons. The van der Waals surface area contributed by atoms with Crippen LogP contribution in [0.15, 0.2) is 51.8 Å². The molecule has 2 rings (SSSR count). The predicted octanol–water partition coefficient (Wildman–Crippen LogP) is 4.43. The number of benzene rings is 2. The molecule has 20 heavy (non-hydrogen) atoms. The number of thioether (sulfide) groups is 1. The van der Waals surface area contributed by atoms with E-state index in [4.69, 9.17) is 4.74 Å². The summed E-state index contributed by atoms with van der Waals surface area (Å²) in [5.41, 5.74) is 1.35. The number of carbonyl (C=O) groups is 1. The molecule has 5 heteroatoms. The quantitative estimate of drug-likeness (QED) is 0.828. The second-order valence-corrected chi connectivity index (χ2v) is 5.70. The summed E-state index contributed by atoms with van der Waals surface area (Å²) in [6, 6.07) is 13.0. The molecule has 0 aliphatic rings. The molecule has 0 spiro atoms. The normalized spacial score (nSPS) is 10.2. The molecule has 0 aromatic heterocycles. The number of nitrogens with one attached hydrogen (secondary N) is 1. The number of ether oxygens (including phenoxy) is 1. The average Bonchev–Trinajstić information content (AvgIpc) is 2.48. The van der Waals surface area contributed by atoms with E-state index in [9.17, 15) is 4.79 Å². The molecule has 1 N–H and O–H groups in total. The van der Waals surface area contributed by atoms with Gasteiger partial charge in [0, 0.05) is 9.37 Å². The molecular weight excluding hydrogens is 338 g/mol. The van der Waals surface area contributed by atoms with Crippen molar-refractivity contribution in [2.24, 2.45) is 0 Å². The smallest absolute Gasteiger partial charge is 0.256 e. The largest absolute Gasteiger partial charge is 0.497 e. The van der Waals surface area contributed by atoms with Crippen LogP contribution in [-0.2, 0) is 0 Å². The number of methoxy groups -OCH3 is 1. The molecular formula is C15H14BrNO2S.